The molecule has 1 atom stereocenters. The molecule has 0 saturated heterocycles. The Kier molecular flexibility index (Phi) is 5.86. The summed E-state index contributed by atoms with van der Waals surface area (Å²) in [7, 11) is 0. The van der Waals surface area contributed by atoms with E-state index in [1.54, 1.807) is 29.8 Å². The molecule has 4 aromatic rings. The predicted octanol–water partition coefficient (Wildman–Crippen LogP) is 4.97. The molecule has 1 unspecified atom stereocenters. The summed E-state index contributed by atoms with van der Waals surface area (Å²) in [6.07, 6.45) is 1.65. The Morgan fingerprint density at radius 3 is 2.66 bits per heavy atom. The Labute approximate surface area is 205 Å². The van der Waals surface area contributed by atoms with Crippen LogP contribution in [0.3, 0.4) is 0 Å². The van der Waals surface area contributed by atoms with Gasteiger partial charge in [-0.2, -0.15) is 0 Å². The second-order valence-corrected chi connectivity index (χ2v) is 8.96. The Hall–Kier alpha value is -3.98. The first-order valence-corrected chi connectivity index (χ1v) is 12.0. The number of nitrogens with zero attached hydrogens (tertiary/aromatic N) is 3. The number of carbonyl (C=O) groups excluding carboxylic acids is 1. The van der Waals surface area contributed by atoms with E-state index in [0.717, 1.165) is 11.1 Å². The Morgan fingerprint density at radius 2 is 1.94 bits per heavy atom. The highest BCUT2D eigenvalue weighted by atomic mass is 32.1. The quantitative estimate of drug-likeness (QED) is 0.338. The number of rotatable bonds is 7. The van der Waals surface area contributed by atoms with Gasteiger partial charge in [-0.05, 0) is 61.7 Å². The van der Waals surface area contributed by atoms with Crippen molar-refractivity contribution in [2.75, 3.05) is 18.1 Å². The summed E-state index contributed by atoms with van der Waals surface area (Å²) >= 11 is 1.21. The third kappa shape index (κ3) is 3.77. The number of benzene rings is 2. The van der Waals surface area contributed by atoms with Crippen LogP contribution in [0.15, 0.2) is 57.7 Å². The molecular formula is C26H23N3O5S. The number of aromatic nitrogens is 2. The molecular weight excluding hydrogens is 466 g/mol. The molecule has 0 bridgehead atoms. The second-order valence-electron chi connectivity index (χ2n) is 8.14. The van der Waals surface area contributed by atoms with Crippen LogP contribution < -0.4 is 19.8 Å². The predicted molar refractivity (Wildman–Crippen MR) is 134 cm³/mol. The van der Waals surface area contributed by atoms with Crippen LogP contribution in [0.4, 0.5) is 5.13 Å². The number of anilines is 1. The van der Waals surface area contributed by atoms with Crippen molar-refractivity contribution in [1.82, 2.24) is 10.2 Å². The van der Waals surface area contributed by atoms with Gasteiger partial charge in [0.25, 0.3) is 5.91 Å². The summed E-state index contributed by atoms with van der Waals surface area (Å²) in [4.78, 5) is 28.9. The van der Waals surface area contributed by atoms with E-state index in [9.17, 15) is 9.59 Å². The van der Waals surface area contributed by atoms with Gasteiger partial charge < -0.3 is 13.9 Å². The van der Waals surface area contributed by atoms with E-state index < -0.39 is 11.9 Å². The van der Waals surface area contributed by atoms with Crippen molar-refractivity contribution in [3.05, 3.63) is 86.7 Å². The first kappa shape index (κ1) is 22.8. The highest BCUT2D eigenvalue weighted by molar-refractivity contribution is 7.13. The largest absolute Gasteiger partial charge is 0.490 e. The summed E-state index contributed by atoms with van der Waals surface area (Å²) in [5, 5.41) is 8.81. The minimum absolute atomic E-state index is 0.0101. The maximum absolute atomic E-state index is 13.8. The summed E-state index contributed by atoms with van der Waals surface area (Å²) in [6.45, 7) is 10.2. The monoisotopic (exact) mass is 489 g/mol. The van der Waals surface area contributed by atoms with Crippen LogP contribution in [0.2, 0.25) is 0 Å². The van der Waals surface area contributed by atoms with Gasteiger partial charge in [-0.3, -0.25) is 14.5 Å². The van der Waals surface area contributed by atoms with Crippen LogP contribution in [-0.4, -0.2) is 29.3 Å². The zero-order valence-electron chi connectivity index (χ0n) is 19.5. The van der Waals surface area contributed by atoms with Gasteiger partial charge in [0.1, 0.15) is 17.7 Å². The molecule has 0 fully saturated rings. The van der Waals surface area contributed by atoms with Crippen LogP contribution in [0.25, 0.3) is 11.0 Å². The fourth-order valence-electron chi connectivity index (χ4n) is 4.24. The molecule has 178 valence electrons. The van der Waals surface area contributed by atoms with E-state index in [1.807, 2.05) is 32.9 Å². The van der Waals surface area contributed by atoms with Crippen LogP contribution in [0, 0.1) is 13.8 Å². The van der Waals surface area contributed by atoms with E-state index in [-0.39, 0.29) is 16.8 Å². The Morgan fingerprint density at radius 1 is 1.14 bits per heavy atom. The lowest BCUT2D eigenvalue weighted by Gasteiger charge is -2.23. The molecule has 2 aromatic heterocycles. The number of ether oxygens (including phenoxy) is 2. The fraction of sp³-hybridized carbons (Fsp3) is 0.231. The van der Waals surface area contributed by atoms with Gasteiger partial charge in [0, 0.05) is 0 Å². The van der Waals surface area contributed by atoms with Gasteiger partial charge in [-0.15, -0.1) is 10.2 Å². The molecule has 3 heterocycles. The first-order chi connectivity index (χ1) is 16.9. The van der Waals surface area contributed by atoms with E-state index in [1.165, 1.54) is 16.2 Å². The number of amides is 1. The van der Waals surface area contributed by atoms with Crippen molar-refractivity contribution in [3.63, 3.8) is 0 Å². The SMILES string of the molecule is C=CCOc1ccc(C2c3c(oc4cc(C)c(C)cc4c3=O)C(=O)N2c2nncs2)cc1OCC. The smallest absolute Gasteiger partial charge is 0.297 e. The van der Waals surface area contributed by atoms with E-state index >= 15 is 0 Å². The molecule has 1 aliphatic rings. The molecule has 1 aliphatic heterocycles. The average molecular weight is 490 g/mol. The number of fused-ring (bicyclic) bond motifs is 2. The number of aryl methyl sites for hydroxylation is 2. The lowest BCUT2D eigenvalue weighted by molar-refractivity contribution is 0.0970. The average Bonchev–Trinajstić information content (AvgIpc) is 3.46. The fourth-order valence-corrected chi connectivity index (χ4v) is 4.83. The van der Waals surface area contributed by atoms with Crippen LogP contribution >= 0.6 is 11.3 Å². The van der Waals surface area contributed by atoms with Gasteiger partial charge >= 0.3 is 0 Å². The number of carbonyl (C=O) groups is 1. The zero-order valence-corrected chi connectivity index (χ0v) is 20.3. The Balaban J connectivity index is 1.75. The lowest BCUT2D eigenvalue weighted by atomic mass is 9.97. The van der Waals surface area contributed by atoms with Crippen molar-refractivity contribution in [3.8, 4) is 11.5 Å². The molecule has 0 saturated carbocycles. The van der Waals surface area contributed by atoms with Crippen molar-refractivity contribution in [1.29, 1.82) is 0 Å². The normalized spacial score (nSPS) is 14.9. The highest BCUT2D eigenvalue weighted by Crippen LogP contribution is 2.43. The maximum atomic E-state index is 13.8. The molecule has 9 heteroatoms. The molecule has 8 nitrogen and oxygen atoms in total. The van der Waals surface area contributed by atoms with Crippen molar-refractivity contribution < 1.29 is 18.7 Å². The molecule has 0 spiro atoms. The van der Waals surface area contributed by atoms with Gasteiger partial charge in [-0.25, -0.2) is 0 Å². The second kappa shape index (κ2) is 8.99. The van der Waals surface area contributed by atoms with Crippen LogP contribution in [-0.2, 0) is 0 Å². The third-order valence-corrected chi connectivity index (χ3v) is 6.67. The summed E-state index contributed by atoms with van der Waals surface area (Å²) in [5.74, 6) is 0.612. The third-order valence-electron chi connectivity index (χ3n) is 5.98. The number of hydrogen-bond donors (Lipinski definition) is 0. The van der Waals surface area contributed by atoms with Gasteiger partial charge in [0.05, 0.1) is 23.6 Å². The molecule has 1 amide bonds. The standard InChI is InChI=1S/C26H23N3O5S/c1-5-9-33-18-8-7-16(12-20(18)32-6-2)22-21-23(30)17-10-14(3)15(4)11-19(17)34-24(21)25(31)29(22)26-28-27-13-35-26/h5,7-8,10-13,22H,1,6,9H2,2-4H3. The first-order valence-electron chi connectivity index (χ1n) is 11.1. The topological polar surface area (TPSA) is 94.8 Å². The van der Waals surface area contributed by atoms with Gasteiger partial charge in [0.2, 0.25) is 10.9 Å². The molecule has 2 aromatic carbocycles. The number of hydrogen-bond acceptors (Lipinski definition) is 8. The van der Waals surface area contributed by atoms with E-state index in [0.29, 0.717) is 46.4 Å². The van der Waals surface area contributed by atoms with Crippen molar-refractivity contribution in [2.45, 2.75) is 26.8 Å². The van der Waals surface area contributed by atoms with Crippen molar-refractivity contribution >= 4 is 33.3 Å². The highest BCUT2D eigenvalue weighted by Gasteiger charge is 2.45. The van der Waals surface area contributed by atoms with E-state index in [2.05, 4.69) is 16.8 Å². The van der Waals surface area contributed by atoms with E-state index in [4.69, 9.17) is 13.9 Å². The lowest BCUT2D eigenvalue weighted by Crippen LogP contribution is -2.29. The zero-order chi connectivity index (χ0) is 24.7. The minimum atomic E-state index is -0.764. The summed E-state index contributed by atoms with van der Waals surface area (Å²) in [6, 6.07) is 8.20. The Bertz CT molecular complexity index is 1510. The molecule has 5 rings (SSSR count). The maximum Gasteiger partial charge on any atom is 0.297 e. The molecule has 0 aliphatic carbocycles. The summed E-state index contributed by atoms with van der Waals surface area (Å²) in [5.41, 5.74) is 4.54. The molecule has 35 heavy (non-hydrogen) atoms. The summed E-state index contributed by atoms with van der Waals surface area (Å²) < 4.78 is 17.6. The van der Waals surface area contributed by atoms with Gasteiger partial charge in [0.15, 0.2) is 16.9 Å². The molecule has 0 radical (unpaired) electrons. The van der Waals surface area contributed by atoms with Crippen LogP contribution in [0.5, 0.6) is 11.5 Å². The van der Waals surface area contributed by atoms with Crippen LogP contribution in [0.1, 0.15) is 45.8 Å². The van der Waals surface area contributed by atoms with Crippen molar-refractivity contribution in [2.24, 2.45) is 0 Å². The van der Waals surface area contributed by atoms with Gasteiger partial charge in [-0.1, -0.05) is 30.1 Å². The molecule has 0 N–H and O–H groups in total. The minimum Gasteiger partial charge on any atom is -0.490 e.